The number of halogens is 1. The van der Waals surface area contributed by atoms with E-state index < -0.39 is 0 Å². The quantitative estimate of drug-likeness (QED) is 0.616. The second-order valence-electron chi connectivity index (χ2n) is 2.28. The maximum absolute atomic E-state index is 11.4. The van der Waals surface area contributed by atoms with E-state index in [0.717, 1.165) is 16.2 Å². The van der Waals surface area contributed by atoms with E-state index >= 15 is 0 Å². The average molecular weight is 256 g/mol. The Balaban J connectivity index is 2.78. The van der Waals surface area contributed by atoms with Crippen LogP contribution in [0.1, 0.15) is 10.4 Å². The summed E-state index contributed by atoms with van der Waals surface area (Å²) in [4.78, 5) is 11.4. The van der Waals surface area contributed by atoms with Crippen molar-refractivity contribution in [2.45, 2.75) is 0 Å². The molecule has 0 aromatic heterocycles. The number of thioether (sulfide) groups is 1. The van der Waals surface area contributed by atoms with E-state index in [1.807, 2.05) is 17.5 Å². The molecule has 1 aromatic carbocycles. The van der Waals surface area contributed by atoms with E-state index in [1.165, 1.54) is 0 Å². The molecule has 0 unspecified atom stereocenters. The number of nitrogens with zero attached hydrogens (tertiary/aromatic N) is 1. The van der Waals surface area contributed by atoms with Gasteiger partial charge in [0.1, 0.15) is 5.40 Å². The van der Waals surface area contributed by atoms with Crippen LogP contribution in [0.2, 0.25) is 0 Å². The SMILES string of the molecule is N#CSCC(=O)c1ccccc1Br. The summed E-state index contributed by atoms with van der Waals surface area (Å²) in [6.45, 7) is 0. The fourth-order valence-corrected chi connectivity index (χ4v) is 1.72. The van der Waals surface area contributed by atoms with Gasteiger partial charge in [0.15, 0.2) is 5.78 Å². The lowest BCUT2D eigenvalue weighted by molar-refractivity contribution is 0.102. The van der Waals surface area contributed by atoms with Gasteiger partial charge in [-0.25, -0.2) is 0 Å². The van der Waals surface area contributed by atoms with Gasteiger partial charge in [-0.3, -0.25) is 4.79 Å². The van der Waals surface area contributed by atoms with Gasteiger partial charge in [0, 0.05) is 10.0 Å². The number of benzene rings is 1. The van der Waals surface area contributed by atoms with Crippen LogP contribution in [-0.2, 0) is 0 Å². The van der Waals surface area contributed by atoms with Crippen molar-refractivity contribution in [2.24, 2.45) is 0 Å². The van der Waals surface area contributed by atoms with E-state index in [2.05, 4.69) is 15.9 Å². The van der Waals surface area contributed by atoms with Crippen molar-refractivity contribution in [3.63, 3.8) is 0 Å². The number of carbonyl (C=O) groups is 1. The highest BCUT2D eigenvalue weighted by Gasteiger charge is 2.08. The van der Waals surface area contributed by atoms with Gasteiger partial charge in [0.05, 0.1) is 5.75 Å². The predicted molar refractivity (Wildman–Crippen MR) is 56.5 cm³/mol. The summed E-state index contributed by atoms with van der Waals surface area (Å²) in [6.07, 6.45) is 0. The van der Waals surface area contributed by atoms with Crippen LogP contribution in [0.15, 0.2) is 28.7 Å². The van der Waals surface area contributed by atoms with E-state index in [1.54, 1.807) is 12.1 Å². The Morgan fingerprint density at radius 1 is 1.54 bits per heavy atom. The summed E-state index contributed by atoms with van der Waals surface area (Å²) < 4.78 is 0.776. The molecule has 0 saturated carbocycles. The minimum Gasteiger partial charge on any atom is -0.293 e. The molecule has 2 nitrogen and oxygen atoms in total. The molecule has 0 aliphatic rings. The van der Waals surface area contributed by atoms with Crippen molar-refractivity contribution < 1.29 is 4.79 Å². The first-order chi connectivity index (χ1) is 6.25. The molecule has 0 aliphatic carbocycles. The van der Waals surface area contributed by atoms with Crippen molar-refractivity contribution in [3.05, 3.63) is 34.3 Å². The highest BCUT2D eigenvalue weighted by Crippen LogP contribution is 2.17. The van der Waals surface area contributed by atoms with Crippen LogP contribution >= 0.6 is 27.7 Å². The molecule has 0 heterocycles. The molecule has 0 N–H and O–H groups in total. The first-order valence-electron chi connectivity index (χ1n) is 3.54. The maximum Gasteiger partial charge on any atom is 0.174 e. The molecular weight excluding hydrogens is 250 g/mol. The van der Waals surface area contributed by atoms with Gasteiger partial charge in [-0.15, -0.1) is 0 Å². The third-order valence-corrected chi connectivity index (χ3v) is 2.67. The molecule has 4 heteroatoms. The van der Waals surface area contributed by atoms with Crippen LogP contribution in [-0.4, -0.2) is 11.5 Å². The zero-order valence-electron chi connectivity index (χ0n) is 6.66. The molecule has 0 fully saturated rings. The highest BCUT2D eigenvalue weighted by molar-refractivity contribution is 9.10. The predicted octanol–water partition coefficient (Wildman–Crippen LogP) is 2.85. The number of hydrogen-bond donors (Lipinski definition) is 0. The lowest BCUT2D eigenvalue weighted by Crippen LogP contribution is -2.02. The Kier molecular flexibility index (Phi) is 4.00. The zero-order chi connectivity index (χ0) is 9.68. The van der Waals surface area contributed by atoms with Crippen LogP contribution in [0.25, 0.3) is 0 Å². The highest BCUT2D eigenvalue weighted by atomic mass is 79.9. The van der Waals surface area contributed by atoms with Crippen molar-refractivity contribution in [1.82, 2.24) is 0 Å². The first-order valence-corrected chi connectivity index (χ1v) is 5.32. The standard InChI is InChI=1S/C9H6BrNOS/c10-8-4-2-1-3-7(8)9(12)5-13-6-11/h1-4H,5H2. The molecule has 0 radical (unpaired) electrons. The van der Waals surface area contributed by atoms with Gasteiger partial charge in [-0.2, -0.15) is 5.26 Å². The van der Waals surface area contributed by atoms with Crippen LogP contribution in [0.4, 0.5) is 0 Å². The summed E-state index contributed by atoms with van der Waals surface area (Å²) in [7, 11) is 0. The smallest absolute Gasteiger partial charge is 0.174 e. The topological polar surface area (TPSA) is 40.9 Å². The third kappa shape index (κ3) is 2.87. The zero-order valence-corrected chi connectivity index (χ0v) is 9.06. The summed E-state index contributed by atoms with van der Waals surface area (Å²) in [5, 5.41) is 10.1. The van der Waals surface area contributed by atoms with Gasteiger partial charge in [-0.1, -0.05) is 34.1 Å². The van der Waals surface area contributed by atoms with Crippen molar-refractivity contribution in [3.8, 4) is 5.40 Å². The Morgan fingerprint density at radius 2 is 2.23 bits per heavy atom. The first kappa shape index (κ1) is 10.3. The van der Waals surface area contributed by atoms with Crippen LogP contribution in [0.3, 0.4) is 0 Å². The van der Waals surface area contributed by atoms with Gasteiger partial charge in [-0.05, 0) is 17.8 Å². The molecule has 0 spiro atoms. The number of Topliss-reactive ketones (excluding diaryl/α,β-unsaturated/α-hetero) is 1. The Labute approximate surface area is 89.1 Å². The lowest BCUT2D eigenvalue weighted by Gasteiger charge is -1.99. The third-order valence-electron chi connectivity index (χ3n) is 1.44. The largest absolute Gasteiger partial charge is 0.293 e. The van der Waals surface area contributed by atoms with E-state index in [0.29, 0.717) is 5.56 Å². The molecule has 1 rings (SSSR count). The second kappa shape index (κ2) is 5.05. The Hall–Kier alpha value is -0.790. The molecule has 0 atom stereocenters. The summed E-state index contributed by atoms with van der Waals surface area (Å²) >= 11 is 4.23. The number of carbonyl (C=O) groups excluding carboxylic acids is 1. The van der Waals surface area contributed by atoms with Gasteiger partial charge in [0.2, 0.25) is 0 Å². The van der Waals surface area contributed by atoms with Gasteiger partial charge in [0.25, 0.3) is 0 Å². The number of hydrogen-bond acceptors (Lipinski definition) is 3. The van der Waals surface area contributed by atoms with Gasteiger partial charge >= 0.3 is 0 Å². The molecule has 0 saturated heterocycles. The normalized spacial score (nSPS) is 9.23. The van der Waals surface area contributed by atoms with Crippen molar-refractivity contribution in [1.29, 1.82) is 5.26 Å². The minimum absolute atomic E-state index is 0.0287. The molecular formula is C9H6BrNOS. The lowest BCUT2D eigenvalue weighted by atomic mass is 10.1. The second-order valence-corrected chi connectivity index (χ2v) is 3.90. The average Bonchev–Trinajstić information content (AvgIpc) is 2.15. The molecule has 66 valence electrons. The summed E-state index contributed by atoms with van der Waals surface area (Å²) in [5.41, 5.74) is 0.630. The Bertz CT molecular complexity index is 359. The van der Waals surface area contributed by atoms with E-state index in [4.69, 9.17) is 5.26 Å². The van der Waals surface area contributed by atoms with Crippen LogP contribution in [0.5, 0.6) is 0 Å². The summed E-state index contributed by atoms with van der Waals surface area (Å²) in [6, 6.07) is 7.20. The molecule has 0 bridgehead atoms. The maximum atomic E-state index is 11.4. The Morgan fingerprint density at radius 3 is 2.85 bits per heavy atom. The fraction of sp³-hybridized carbons (Fsp3) is 0.111. The van der Waals surface area contributed by atoms with Gasteiger partial charge < -0.3 is 0 Å². The molecule has 0 amide bonds. The van der Waals surface area contributed by atoms with Crippen molar-refractivity contribution in [2.75, 3.05) is 5.75 Å². The fourth-order valence-electron chi connectivity index (χ4n) is 0.863. The number of nitriles is 1. The van der Waals surface area contributed by atoms with Crippen LogP contribution in [0, 0.1) is 10.7 Å². The van der Waals surface area contributed by atoms with E-state index in [9.17, 15) is 4.79 Å². The summed E-state index contributed by atoms with van der Waals surface area (Å²) in [5.74, 6) is 0.179. The number of rotatable bonds is 3. The minimum atomic E-state index is -0.0287. The van der Waals surface area contributed by atoms with Crippen molar-refractivity contribution >= 4 is 33.5 Å². The number of thiocyanates is 1. The molecule has 1 aromatic rings. The number of ketones is 1. The molecule has 0 aliphatic heterocycles. The monoisotopic (exact) mass is 255 g/mol. The molecule has 13 heavy (non-hydrogen) atoms. The van der Waals surface area contributed by atoms with Crippen LogP contribution < -0.4 is 0 Å². The van der Waals surface area contributed by atoms with E-state index in [-0.39, 0.29) is 11.5 Å².